The summed E-state index contributed by atoms with van der Waals surface area (Å²) >= 11 is 0. The monoisotopic (exact) mass is 306 g/mol. The average Bonchev–Trinajstić information content (AvgIpc) is 2.90. The molecule has 4 rings (SSSR count). The summed E-state index contributed by atoms with van der Waals surface area (Å²) in [4.78, 5) is 0. The van der Waals surface area contributed by atoms with Crippen molar-refractivity contribution in [3.05, 3.63) is 0 Å². The third-order valence-electron chi connectivity index (χ3n) is 8.77. The maximum atomic E-state index is 10.4. The Bertz CT molecular complexity index is 422. The van der Waals surface area contributed by atoms with Gasteiger partial charge in [0, 0.05) is 13.7 Å². The lowest BCUT2D eigenvalue weighted by molar-refractivity contribution is -0.148. The predicted octanol–water partition coefficient (Wildman–Crippen LogP) is 4.41. The fourth-order valence-corrected chi connectivity index (χ4v) is 7.72. The van der Waals surface area contributed by atoms with E-state index in [-0.39, 0.29) is 5.41 Å². The quantitative estimate of drug-likeness (QED) is 0.819. The summed E-state index contributed by atoms with van der Waals surface area (Å²) in [6.45, 7) is 2.96. The van der Waals surface area contributed by atoms with E-state index >= 15 is 0 Å². The SMILES string of the molecule is COC1CCC2C3CCC4CCCCC4(CO)C3CCC12C. The third kappa shape index (κ3) is 1.92. The zero-order valence-electron chi connectivity index (χ0n) is 14.5. The molecule has 2 nitrogen and oxygen atoms in total. The first kappa shape index (κ1) is 15.4. The van der Waals surface area contributed by atoms with Gasteiger partial charge in [-0.3, -0.25) is 0 Å². The Morgan fingerprint density at radius 1 is 0.955 bits per heavy atom. The van der Waals surface area contributed by atoms with Gasteiger partial charge in [0.2, 0.25) is 0 Å². The molecule has 0 aromatic heterocycles. The van der Waals surface area contributed by atoms with Gasteiger partial charge in [0.25, 0.3) is 0 Å². The minimum Gasteiger partial charge on any atom is -0.396 e. The van der Waals surface area contributed by atoms with Crippen LogP contribution in [0.25, 0.3) is 0 Å². The molecule has 4 fully saturated rings. The van der Waals surface area contributed by atoms with Crippen molar-refractivity contribution in [1.82, 2.24) is 0 Å². The van der Waals surface area contributed by atoms with Crippen molar-refractivity contribution in [2.24, 2.45) is 34.5 Å². The molecule has 0 aromatic carbocycles. The molecule has 4 aliphatic rings. The first-order chi connectivity index (χ1) is 10.7. The molecule has 4 saturated carbocycles. The summed E-state index contributed by atoms with van der Waals surface area (Å²) in [5.41, 5.74) is 0.696. The summed E-state index contributed by atoms with van der Waals surface area (Å²) in [6.07, 6.45) is 14.0. The maximum absolute atomic E-state index is 10.4. The van der Waals surface area contributed by atoms with Gasteiger partial charge in [-0.05, 0) is 85.9 Å². The highest BCUT2D eigenvalue weighted by Crippen LogP contribution is 2.66. The standard InChI is InChI=1S/C20H34O2/c1-19-12-10-17-15(16(19)8-9-18(19)22-2)7-6-14-5-3-4-11-20(14,17)13-21/h14-18,21H,3-13H2,1-2H3. The lowest BCUT2D eigenvalue weighted by atomic mass is 9.45. The van der Waals surface area contributed by atoms with Gasteiger partial charge in [-0.25, -0.2) is 0 Å². The second-order valence-electron chi connectivity index (χ2n) is 9.13. The lowest BCUT2D eigenvalue weighted by Crippen LogP contribution is -2.55. The Morgan fingerprint density at radius 3 is 2.59 bits per heavy atom. The van der Waals surface area contributed by atoms with Crippen LogP contribution in [0.2, 0.25) is 0 Å². The molecule has 1 N–H and O–H groups in total. The normalized spacial score (nSPS) is 54.4. The van der Waals surface area contributed by atoms with Crippen LogP contribution in [0.15, 0.2) is 0 Å². The van der Waals surface area contributed by atoms with Crippen LogP contribution in [0.4, 0.5) is 0 Å². The highest BCUT2D eigenvalue weighted by Gasteiger charge is 2.60. The summed E-state index contributed by atoms with van der Waals surface area (Å²) in [5.74, 6) is 3.32. The third-order valence-corrected chi connectivity index (χ3v) is 8.77. The molecule has 0 radical (unpaired) electrons. The molecule has 7 atom stereocenters. The van der Waals surface area contributed by atoms with Crippen LogP contribution < -0.4 is 0 Å². The van der Waals surface area contributed by atoms with Crippen LogP contribution in [0.5, 0.6) is 0 Å². The molecule has 126 valence electrons. The highest BCUT2D eigenvalue weighted by atomic mass is 16.5. The minimum absolute atomic E-state index is 0.285. The first-order valence-corrected chi connectivity index (χ1v) is 9.79. The molecule has 0 amide bonds. The van der Waals surface area contributed by atoms with E-state index in [1.807, 2.05) is 7.11 Å². The number of hydrogen-bond acceptors (Lipinski definition) is 2. The van der Waals surface area contributed by atoms with Crippen molar-refractivity contribution in [2.45, 2.75) is 77.2 Å². The van der Waals surface area contributed by atoms with E-state index in [0.717, 1.165) is 23.7 Å². The molecular formula is C20H34O2. The summed E-state index contributed by atoms with van der Waals surface area (Å²) in [5, 5.41) is 10.4. The molecular weight excluding hydrogens is 272 g/mol. The van der Waals surface area contributed by atoms with Gasteiger partial charge in [0.05, 0.1) is 6.10 Å². The summed E-state index contributed by atoms with van der Waals surface area (Å²) < 4.78 is 5.87. The predicted molar refractivity (Wildman–Crippen MR) is 88.6 cm³/mol. The number of aliphatic hydroxyl groups is 1. The number of ether oxygens (including phenoxy) is 1. The zero-order chi connectivity index (χ0) is 15.4. The van der Waals surface area contributed by atoms with Gasteiger partial charge in [-0.2, -0.15) is 0 Å². The van der Waals surface area contributed by atoms with Crippen molar-refractivity contribution in [2.75, 3.05) is 13.7 Å². The molecule has 4 aliphatic carbocycles. The summed E-state index contributed by atoms with van der Waals surface area (Å²) in [6, 6.07) is 0. The van der Waals surface area contributed by atoms with Crippen LogP contribution in [0.1, 0.15) is 71.1 Å². The number of methoxy groups -OCH3 is 1. The van der Waals surface area contributed by atoms with Gasteiger partial charge < -0.3 is 9.84 Å². The molecule has 0 spiro atoms. The highest BCUT2D eigenvalue weighted by molar-refractivity contribution is 5.10. The van der Waals surface area contributed by atoms with E-state index in [4.69, 9.17) is 4.74 Å². The van der Waals surface area contributed by atoms with Crippen molar-refractivity contribution >= 4 is 0 Å². The smallest absolute Gasteiger partial charge is 0.0627 e. The number of fused-ring (bicyclic) bond motifs is 5. The van der Waals surface area contributed by atoms with Crippen LogP contribution in [0.3, 0.4) is 0 Å². The van der Waals surface area contributed by atoms with Crippen molar-refractivity contribution in [3.63, 3.8) is 0 Å². The molecule has 0 saturated heterocycles. The Hall–Kier alpha value is -0.0800. The average molecular weight is 306 g/mol. The van der Waals surface area contributed by atoms with E-state index in [9.17, 15) is 5.11 Å². The minimum atomic E-state index is 0.285. The van der Waals surface area contributed by atoms with E-state index in [1.54, 1.807) is 0 Å². The summed E-state index contributed by atoms with van der Waals surface area (Å²) in [7, 11) is 1.91. The lowest BCUT2D eigenvalue weighted by Gasteiger charge is -2.60. The topological polar surface area (TPSA) is 29.5 Å². The van der Waals surface area contributed by atoms with Crippen LogP contribution in [-0.4, -0.2) is 24.9 Å². The van der Waals surface area contributed by atoms with Crippen molar-refractivity contribution in [1.29, 1.82) is 0 Å². The van der Waals surface area contributed by atoms with E-state index < -0.39 is 0 Å². The Morgan fingerprint density at radius 2 is 1.82 bits per heavy atom. The van der Waals surface area contributed by atoms with Crippen LogP contribution in [-0.2, 0) is 4.74 Å². The molecule has 0 heterocycles. The van der Waals surface area contributed by atoms with Gasteiger partial charge in [-0.15, -0.1) is 0 Å². The largest absolute Gasteiger partial charge is 0.396 e. The second-order valence-corrected chi connectivity index (χ2v) is 9.13. The fraction of sp³-hybridized carbons (Fsp3) is 1.00. The van der Waals surface area contributed by atoms with Gasteiger partial charge in [0.1, 0.15) is 0 Å². The molecule has 2 heteroatoms. The van der Waals surface area contributed by atoms with E-state index in [0.29, 0.717) is 18.1 Å². The number of aliphatic hydroxyl groups excluding tert-OH is 1. The van der Waals surface area contributed by atoms with Crippen molar-refractivity contribution in [3.8, 4) is 0 Å². The fourth-order valence-electron chi connectivity index (χ4n) is 7.72. The molecule has 0 bridgehead atoms. The maximum Gasteiger partial charge on any atom is 0.0627 e. The van der Waals surface area contributed by atoms with Crippen LogP contribution in [0, 0.1) is 34.5 Å². The van der Waals surface area contributed by atoms with E-state index in [2.05, 4.69) is 6.92 Å². The second kappa shape index (κ2) is 5.48. The zero-order valence-corrected chi connectivity index (χ0v) is 14.5. The molecule has 0 aliphatic heterocycles. The molecule has 0 aromatic rings. The van der Waals surface area contributed by atoms with E-state index in [1.165, 1.54) is 64.2 Å². The van der Waals surface area contributed by atoms with Gasteiger partial charge >= 0.3 is 0 Å². The Labute approximate surface area is 136 Å². The Kier molecular flexibility index (Phi) is 3.85. The van der Waals surface area contributed by atoms with Gasteiger partial charge in [-0.1, -0.05) is 19.8 Å². The first-order valence-electron chi connectivity index (χ1n) is 9.79. The molecule has 22 heavy (non-hydrogen) atoms. The van der Waals surface area contributed by atoms with Gasteiger partial charge in [0.15, 0.2) is 0 Å². The number of hydrogen-bond donors (Lipinski definition) is 1. The van der Waals surface area contributed by atoms with Crippen LogP contribution >= 0.6 is 0 Å². The Balaban J connectivity index is 1.65. The van der Waals surface area contributed by atoms with Crippen molar-refractivity contribution < 1.29 is 9.84 Å². The number of rotatable bonds is 2. The molecule has 7 unspecified atom stereocenters.